The molecule has 0 spiro atoms. The zero-order valence-corrected chi connectivity index (χ0v) is 11.9. The van der Waals surface area contributed by atoms with Crippen molar-refractivity contribution in [1.82, 2.24) is 4.13 Å². The van der Waals surface area contributed by atoms with Crippen molar-refractivity contribution in [2.75, 3.05) is 6.61 Å². The van der Waals surface area contributed by atoms with Gasteiger partial charge in [0.05, 0.1) is 18.0 Å². The Hall–Kier alpha value is -0.390. The molecule has 1 atom stereocenters. The van der Waals surface area contributed by atoms with Crippen LogP contribution in [0.1, 0.15) is 25.7 Å². The summed E-state index contributed by atoms with van der Waals surface area (Å²) in [6, 6.07) is 0. The fourth-order valence-corrected chi connectivity index (χ4v) is 5.41. The van der Waals surface area contributed by atoms with Gasteiger partial charge in [0.25, 0.3) is 0 Å². The lowest BCUT2D eigenvalue weighted by molar-refractivity contribution is -0.0441. The highest BCUT2D eigenvalue weighted by Gasteiger charge is 2.50. The summed E-state index contributed by atoms with van der Waals surface area (Å²) in [5.74, 6) is 0.209. The van der Waals surface area contributed by atoms with E-state index in [9.17, 15) is 30.0 Å². The Morgan fingerprint density at radius 3 is 1.90 bits per heavy atom. The van der Waals surface area contributed by atoms with Gasteiger partial charge in [-0.05, 0) is 31.6 Å². The zero-order chi connectivity index (χ0) is 15.2. The van der Waals surface area contributed by atoms with Crippen molar-refractivity contribution in [3.05, 3.63) is 0 Å². The van der Waals surface area contributed by atoms with E-state index >= 15 is 0 Å². The quantitative estimate of drug-likeness (QED) is 0.763. The van der Waals surface area contributed by atoms with Crippen molar-refractivity contribution >= 4 is 20.0 Å². The Labute approximate surface area is 114 Å². The molecule has 1 N–H and O–H groups in total. The average Bonchev–Trinajstić information content (AvgIpc) is 3.10. The molecule has 1 saturated carbocycles. The molecule has 0 bridgehead atoms. The van der Waals surface area contributed by atoms with E-state index in [4.69, 9.17) is 4.74 Å². The summed E-state index contributed by atoms with van der Waals surface area (Å²) >= 11 is 0. The van der Waals surface area contributed by atoms with E-state index < -0.39 is 30.8 Å². The number of hydrogen-bond donors (Lipinski definition) is 1. The highest BCUT2D eigenvalue weighted by atomic mass is 32.3. The van der Waals surface area contributed by atoms with Crippen molar-refractivity contribution in [1.29, 1.82) is 0 Å². The number of sulfonamides is 2. The molecule has 0 aromatic heterocycles. The summed E-state index contributed by atoms with van der Waals surface area (Å²) in [6.07, 6.45) is 1.39. The molecule has 0 aromatic rings. The average molecular weight is 337 g/mol. The smallest absolute Gasteiger partial charge is 0.373 e. The topological polar surface area (TPSA) is 92.8 Å². The van der Waals surface area contributed by atoms with Crippen LogP contribution in [0.3, 0.4) is 0 Å². The van der Waals surface area contributed by atoms with Crippen LogP contribution >= 0.6 is 0 Å². The van der Waals surface area contributed by atoms with Crippen LogP contribution in [-0.4, -0.2) is 40.3 Å². The molecule has 2 fully saturated rings. The van der Waals surface area contributed by atoms with Gasteiger partial charge >= 0.3 is 15.5 Å². The lowest BCUT2D eigenvalue weighted by atomic mass is 9.87. The largest absolute Gasteiger partial charge is 0.512 e. The van der Waals surface area contributed by atoms with Gasteiger partial charge in [0, 0.05) is 0 Å². The molecule has 118 valence electrons. The van der Waals surface area contributed by atoms with Crippen molar-refractivity contribution < 1.29 is 34.7 Å². The molecular formula is C9H14F3NO5S2. The van der Waals surface area contributed by atoms with Crippen LogP contribution < -0.4 is 4.13 Å². The van der Waals surface area contributed by atoms with E-state index in [1.165, 1.54) is 0 Å². The minimum Gasteiger partial charge on any atom is -0.373 e. The first-order valence-corrected chi connectivity index (χ1v) is 9.01. The van der Waals surface area contributed by atoms with Crippen LogP contribution in [0.2, 0.25) is 0 Å². The molecule has 1 unspecified atom stereocenters. The van der Waals surface area contributed by atoms with Gasteiger partial charge in [0.1, 0.15) is 0 Å². The molecule has 6 nitrogen and oxygen atoms in total. The monoisotopic (exact) mass is 337 g/mol. The molecule has 1 saturated heterocycles. The Balaban J connectivity index is 2.01. The molecule has 2 aliphatic rings. The molecule has 0 aromatic carbocycles. The van der Waals surface area contributed by atoms with Crippen LogP contribution in [0.25, 0.3) is 0 Å². The first-order chi connectivity index (χ1) is 9.03. The molecule has 1 heterocycles. The Morgan fingerprint density at radius 1 is 1.00 bits per heavy atom. The van der Waals surface area contributed by atoms with Gasteiger partial charge in [0.2, 0.25) is 10.0 Å². The number of nitrogens with one attached hydrogen (secondary N) is 1. The van der Waals surface area contributed by atoms with Crippen molar-refractivity contribution in [2.24, 2.45) is 5.92 Å². The summed E-state index contributed by atoms with van der Waals surface area (Å²) in [7, 11) is -10.4. The first-order valence-electron chi connectivity index (χ1n) is 5.98. The van der Waals surface area contributed by atoms with E-state index in [1.54, 1.807) is 0 Å². The van der Waals surface area contributed by atoms with E-state index in [0.29, 0.717) is 19.4 Å². The van der Waals surface area contributed by atoms with Crippen molar-refractivity contribution in [3.63, 3.8) is 0 Å². The van der Waals surface area contributed by atoms with Gasteiger partial charge in [0.15, 0.2) is 0 Å². The van der Waals surface area contributed by atoms with Crippen molar-refractivity contribution in [3.8, 4) is 0 Å². The van der Waals surface area contributed by atoms with Gasteiger partial charge in [-0.1, -0.05) is 0 Å². The number of alkyl halides is 3. The molecular weight excluding hydrogens is 323 g/mol. The second kappa shape index (κ2) is 5.11. The van der Waals surface area contributed by atoms with E-state index in [2.05, 4.69) is 0 Å². The Bertz CT molecular complexity index is 559. The van der Waals surface area contributed by atoms with E-state index in [-0.39, 0.29) is 24.9 Å². The molecule has 20 heavy (non-hydrogen) atoms. The maximum Gasteiger partial charge on any atom is 0.512 e. The fraction of sp³-hybridized carbons (Fsp3) is 1.00. The second-order valence-electron chi connectivity index (χ2n) is 4.99. The maximum absolute atomic E-state index is 12.2. The minimum atomic E-state index is -5.88. The van der Waals surface area contributed by atoms with Crippen LogP contribution in [0.15, 0.2) is 0 Å². The summed E-state index contributed by atoms with van der Waals surface area (Å²) in [5, 5.41) is -1.12. The molecule has 2 rings (SSSR count). The maximum atomic E-state index is 12.2. The molecule has 0 amide bonds. The lowest BCUT2D eigenvalue weighted by Gasteiger charge is -2.27. The number of epoxide rings is 1. The second-order valence-corrected chi connectivity index (χ2v) is 8.88. The SMILES string of the molecule is O=S(=O)(NS(=O)(=O)C(F)(F)F)C1CCC(C2CO2)CC1. The summed E-state index contributed by atoms with van der Waals surface area (Å²) in [5.41, 5.74) is -5.64. The summed E-state index contributed by atoms with van der Waals surface area (Å²) in [6.45, 7) is 0.628. The highest BCUT2D eigenvalue weighted by Crippen LogP contribution is 2.36. The standard InChI is InChI=1S/C9H14F3NO5S2/c10-9(11,12)20(16,17)13-19(14,15)7-3-1-6(2-4-7)8-5-18-8/h6-8,13H,1-5H2. The Kier molecular flexibility index (Phi) is 4.08. The summed E-state index contributed by atoms with van der Waals surface area (Å²) in [4.78, 5) is 0. The third-order valence-corrected chi connectivity index (χ3v) is 7.34. The number of hydrogen-bond acceptors (Lipinski definition) is 5. The summed E-state index contributed by atoms with van der Waals surface area (Å²) < 4.78 is 87.6. The van der Waals surface area contributed by atoms with Gasteiger partial charge in [-0.25, -0.2) is 16.8 Å². The van der Waals surface area contributed by atoms with Crippen LogP contribution in [0, 0.1) is 5.92 Å². The fourth-order valence-electron chi connectivity index (χ4n) is 2.37. The highest BCUT2D eigenvalue weighted by molar-refractivity contribution is 8.05. The number of halogens is 3. The van der Waals surface area contributed by atoms with Crippen LogP contribution in [0.5, 0.6) is 0 Å². The third kappa shape index (κ3) is 3.43. The molecule has 11 heteroatoms. The van der Waals surface area contributed by atoms with Gasteiger partial charge in [-0.15, -0.1) is 4.13 Å². The van der Waals surface area contributed by atoms with Gasteiger partial charge in [-0.3, -0.25) is 0 Å². The zero-order valence-electron chi connectivity index (χ0n) is 10.3. The van der Waals surface area contributed by atoms with Gasteiger partial charge < -0.3 is 4.74 Å². The van der Waals surface area contributed by atoms with E-state index in [0.717, 1.165) is 4.13 Å². The molecule has 1 aliphatic heterocycles. The van der Waals surface area contributed by atoms with Crippen molar-refractivity contribution in [2.45, 2.75) is 42.5 Å². The third-order valence-electron chi connectivity index (χ3n) is 3.57. The minimum absolute atomic E-state index is 0.116. The van der Waals surface area contributed by atoms with Crippen LogP contribution in [-0.2, 0) is 24.8 Å². The lowest BCUT2D eigenvalue weighted by Crippen LogP contribution is -2.45. The molecule has 0 radical (unpaired) electrons. The normalized spacial score (nSPS) is 32.0. The predicted molar refractivity (Wildman–Crippen MR) is 62.5 cm³/mol. The Morgan fingerprint density at radius 2 is 1.50 bits per heavy atom. The van der Waals surface area contributed by atoms with Crippen LogP contribution in [0.4, 0.5) is 13.2 Å². The first kappa shape index (κ1) is 16.0. The number of ether oxygens (including phenoxy) is 1. The van der Waals surface area contributed by atoms with Gasteiger partial charge in [-0.2, -0.15) is 13.2 Å². The van der Waals surface area contributed by atoms with E-state index in [1.807, 2.05) is 0 Å². The molecule has 1 aliphatic carbocycles. The predicted octanol–water partition coefficient (Wildman–Crippen LogP) is 0.713. The number of rotatable bonds is 4.